The largest absolute Gasteiger partial charge is 0.366 e. The Morgan fingerprint density at radius 1 is 1.26 bits per heavy atom. The SMILES string of the molecule is Cl.Cl.O=C(C1CNCCO1)N1CCN(c2ccc(Br)cn2)CC1. The number of carbonyl (C=O) groups excluding carboxylic acids is 1. The van der Waals surface area contributed by atoms with E-state index in [1.807, 2.05) is 17.0 Å². The standard InChI is InChI=1S/C14H19BrN4O2.2ClH/c15-11-1-2-13(17-9-11)18-4-6-19(7-5-18)14(20)12-10-16-3-8-21-12;;/h1-2,9,12,16H,3-8,10H2;2*1H. The molecule has 1 atom stereocenters. The predicted molar refractivity (Wildman–Crippen MR) is 97.8 cm³/mol. The first-order valence-electron chi connectivity index (χ1n) is 7.21. The van der Waals surface area contributed by atoms with Gasteiger partial charge >= 0.3 is 0 Å². The van der Waals surface area contributed by atoms with Gasteiger partial charge in [-0.05, 0) is 28.1 Å². The van der Waals surface area contributed by atoms with E-state index in [0.29, 0.717) is 13.2 Å². The molecule has 0 bridgehead atoms. The molecule has 23 heavy (non-hydrogen) atoms. The number of hydrogen-bond donors (Lipinski definition) is 1. The summed E-state index contributed by atoms with van der Waals surface area (Å²) in [6, 6.07) is 3.98. The fourth-order valence-corrected chi connectivity index (χ4v) is 2.87. The molecule has 2 fully saturated rings. The Bertz CT molecular complexity index is 492. The van der Waals surface area contributed by atoms with Crippen molar-refractivity contribution in [2.75, 3.05) is 50.8 Å². The number of morpholine rings is 1. The van der Waals surface area contributed by atoms with Crippen LogP contribution in [0.5, 0.6) is 0 Å². The maximum atomic E-state index is 12.4. The summed E-state index contributed by atoms with van der Waals surface area (Å²) in [5.74, 6) is 1.06. The maximum absolute atomic E-state index is 12.4. The van der Waals surface area contributed by atoms with Gasteiger partial charge in [0, 0.05) is 49.9 Å². The third kappa shape index (κ3) is 5.19. The molecule has 1 aromatic heterocycles. The van der Waals surface area contributed by atoms with Crippen molar-refractivity contribution >= 4 is 52.5 Å². The van der Waals surface area contributed by atoms with Gasteiger partial charge in [-0.3, -0.25) is 4.79 Å². The van der Waals surface area contributed by atoms with Crippen molar-refractivity contribution in [2.24, 2.45) is 0 Å². The number of hydrogen-bond acceptors (Lipinski definition) is 5. The van der Waals surface area contributed by atoms with Crippen LogP contribution in [0.25, 0.3) is 0 Å². The number of amides is 1. The van der Waals surface area contributed by atoms with Crippen LogP contribution >= 0.6 is 40.7 Å². The van der Waals surface area contributed by atoms with Crippen molar-refractivity contribution in [3.63, 3.8) is 0 Å². The zero-order valence-corrected chi connectivity index (χ0v) is 15.8. The van der Waals surface area contributed by atoms with Crippen LogP contribution in [0, 0.1) is 0 Å². The number of nitrogens with one attached hydrogen (secondary N) is 1. The van der Waals surface area contributed by atoms with Crippen LogP contribution in [-0.4, -0.2) is 67.8 Å². The van der Waals surface area contributed by atoms with Crippen LogP contribution in [0.4, 0.5) is 5.82 Å². The van der Waals surface area contributed by atoms with Gasteiger partial charge in [0.25, 0.3) is 5.91 Å². The second-order valence-corrected chi connectivity index (χ2v) is 6.13. The lowest BCUT2D eigenvalue weighted by atomic mass is 10.2. The van der Waals surface area contributed by atoms with Gasteiger partial charge in [0.1, 0.15) is 11.9 Å². The number of aromatic nitrogens is 1. The first kappa shape index (κ1) is 20.4. The van der Waals surface area contributed by atoms with Gasteiger partial charge in [-0.1, -0.05) is 0 Å². The minimum absolute atomic E-state index is 0. The molecule has 0 aromatic carbocycles. The summed E-state index contributed by atoms with van der Waals surface area (Å²) < 4.78 is 6.51. The third-order valence-corrected chi connectivity index (χ3v) is 4.30. The number of nitrogens with zero attached hydrogens (tertiary/aromatic N) is 3. The average Bonchev–Trinajstić information content (AvgIpc) is 2.56. The first-order valence-corrected chi connectivity index (χ1v) is 8.01. The van der Waals surface area contributed by atoms with Gasteiger partial charge in [0.05, 0.1) is 6.61 Å². The summed E-state index contributed by atoms with van der Waals surface area (Å²) in [5.41, 5.74) is 0. The normalized spacial score (nSPS) is 21.2. The minimum atomic E-state index is -0.323. The number of halogens is 3. The van der Waals surface area contributed by atoms with E-state index in [-0.39, 0.29) is 36.8 Å². The molecule has 2 saturated heterocycles. The Morgan fingerprint density at radius 2 is 2.00 bits per heavy atom. The monoisotopic (exact) mass is 426 g/mol. The first-order chi connectivity index (χ1) is 10.2. The lowest BCUT2D eigenvalue weighted by Gasteiger charge is -2.37. The number of rotatable bonds is 2. The van der Waals surface area contributed by atoms with Crippen LogP contribution in [0.15, 0.2) is 22.8 Å². The summed E-state index contributed by atoms with van der Waals surface area (Å²) >= 11 is 3.39. The lowest BCUT2D eigenvalue weighted by molar-refractivity contribution is -0.145. The average molecular weight is 428 g/mol. The van der Waals surface area contributed by atoms with Gasteiger partial charge in [0.2, 0.25) is 0 Å². The molecule has 130 valence electrons. The molecular formula is C14H21BrCl2N4O2. The molecule has 0 radical (unpaired) electrons. The van der Waals surface area contributed by atoms with Crippen molar-refractivity contribution in [1.82, 2.24) is 15.2 Å². The zero-order chi connectivity index (χ0) is 14.7. The van der Waals surface area contributed by atoms with E-state index in [1.54, 1.807) is 6.20 Å². The van der Waals surface area contributed by atoms with Gasteiger partial charge in [0.15, 0.2) is 0 Å². The third-order valence-electron chi connectivity index (χ3n) is 3.83. The molecule has 0 spiro atoms. The minimum Gasteiger partial charge on any atom is -0.366 e. The Labute approximate surface area is 156 Å². The maximum Gasteiger partial charge on any atom is 0.253 e. The number of anilines is 1. The van der Waals surface area contributed by atoms with Crippen molar-refractivity contribution in [2.45, 2.75) is 6.10 Å². The molecule has 1 amide bonds. The molecule has 3 rings (SSSR count). The van der Waals surface area contributed by atoms with Gasteiger partial charge in [-0.15, -0.1) is 24.8 Å². The van der Waals surface area contributed by atoms with Crippen LogP contribution in [0.3, 0.4) is 0 Å². The highest BCUT2D eigenvalue weighted by Crippen LogP contribution is 2.17. The summed E-state index contributed by atoms with van der Waals surface area (Å²) in [7, 11) is 0. The van der Waals surface area contributed by atoms with Crippen molar-refractivity contribution in [3.8, 4) is 0 Å². The van der Waals surface area contributed by atoms with Crippen LogP contribution < -0.4 is 10.2 Å². The number of ether oxygens (including phenoxy) is 1. The quantitative estimate of drug-likeness (QED) is 0.771. The summed E-state index contributed by atoms with van der Waals surface area (Å²) in [6.07, 6.45) is 1.48. The van der Waals surface area contributed by atoms with Crippen LogP contribution in [0.2, 0.25) is 0 Å². The van der Waals surface area contributed by atoms with Gasteiger partial charge < -0.3 is 19.9 Å². The highest BCUT2D eigenvalue weighted by atomic mass is 79.9. The van der Waals surface area contributed by atoms with E-state index in [0.717, 1.165) is 43.0 Å². The molecule has 0 saturated carbocycles. The van der Waals surface area contributed by atoms with Crippen molar-refractivity contribution < 1.29 is 9.53 Å². The lowest BCUT2D eigenvalue weighted by Crippen LogP contribution is -2.55. The fraction of sp³-hybridized carbons (Fsp3) is 0.571. The Morgan fingerprint density at radius 3 is 2.57 bits per heavy atom. The van der Waals surface area contributed by atoms with Gasteiger partial charge in [-0.25, -0.2) is 4.98 Å². The highest BCUT2D eigenvalue weighted by Gasteiger charge is 2.29. The summed E-state index contributed by atoms with van der Waals surface area (Å²) in [4.78, 5) is 20.9. The molecular weight excluding hydrogens is 407 g/mol. The van der Waals surface area contributed by atoms with E-state index >= 15 is 0 Å². The molecule has 6 nitrogen and oxygen atoms in total. The number of piperazine rings is 1. The van der Waals surface area contributed by atoms with Gasteiger partial charge in [-0.2, -0.15) is 0 Å². The van der Waals surface area contributed by atoms with E-state index < -0.39 is 0 Å². The Balaban J connectivity index is 0.00000132. The topological polar surface area (TPSA) is 57.7 Å². The number of pyridine rings is 1. The second-order valence-electron chi connectivity index (χ2n) is 5.21. The molecule has 1 N–H and O–H groups in total. The van der Waals surface area contributed by atoms with E-state index in [4.69, 9.17) is 4.74 Å². The molecule has 0 aliphatic carbocycles. The Hall–Kier alpha value is -0.600. The molecule has 1 aromatic rings. The molecule has 2 aliphatic heterocycles. The molecule has 3 heterocycles. The smallest absolute Gasteiger partial charge is 0.253 e. The van der Waals surface area contributed by atoms with Crippen LogP contribution in [-0.2, 0) is 9.53 Å². The molecule has 2 aliphatic rings. The molecule has 9 heteroatoms. The second kappa shape index (κ2) is 9.64. The highest BCUT2D eigenvalue weighted by molar-refractivity contribution is 9.10. The summed E-state index contributed by atoms with van der Waals surface area (Å²) in [6.45, 7) is 5.10. The Kier molecular flexibility index (Phi) is 8.57. The zero-order valence-electron chi connectivity index (χ0n) is 12.6. The van der Waals surface area contributed by atoms with Crippen LogP contribution in [0.1, 0.15) is 0 Å². The fourth-order valence-electron chi connectivity index (χ4n) is 2.64. The molecule has 1 unspecified atom stereocenters. The van der Waals surface area contributed by atoms with E-state index in [9.17, 15) is 4.79 Å². The van der Waals surface area contributed by atoms with Crippen molar-refractivity contribution in [3.05, 3.63) is 22.8 Å². The van der Waals surface area contributed by atoms with E-state index in [2.05, 4.69) is 31.1 Å². The predicted octanol–water partition coefficient (Wildman–Crippen LogP) is 1.32. The summed E-state index contributed by atoms with van der Waals surface area (Å²) in [5, 5.41) is 3.20. The van der Waals surface area contributed by atoms with E-state index in [1.165, 1.54) is 0 Å². The van der Waals surface area contributed by atoms with Crippen molar-refractivity contribution in [1.29, 1.82) is 0 Å². The number of carbonyl (C=O) groups is 1.